The van der Waals surface area contributed by atoms with Gasteiger partial charge in [-0.2, -0.15) is 0 Å². The number of hydrogen-bond donors (Lipinski definition) is 1. The summed E-state index contributed by atoms with van der Waals surface area (Å²) in [5.41, 5.74) is 3.06. The number of pyridine rings is 1. The third kappa shape index (κ3) is 3.06. The highest BCUT2D eigenvalue weighted by molar-refractivity contribution is 7.14. The summed E-state index contributed by atoms with van der Waals surface area (Å²) in [4.78, 5) is 28.4. The zero-order valence-corrected chi connectivity index (χ0v) is 14.3. The smallest absolute Gasteiger partial charge is 0.257 e. The van der Waals surface area contributed by atoms with Gasteiger partial charge in [0, 0.05) is 42.2 Å². The van der Waals surface area contributed by atoms with E-state index < -0.39 is 0 Å². The van der Waals surface area contributed by atoms with Crippen LogP contribution in [0, 0.1) is 0 Å². The van der Waals surface area contributed by atoms with Gasteiger partial charge in [-0.15, -0.1) is 11.3 Å². The van der Waals surface area contributed by atoms with Gasteiger partial charge < -0.3 is 9.30 Å². The second-order valence-corrected chi connectivity index (χ2v) is 6.64. The Hall–Kier alpha value is -2.93. The van der Waals surface area contributed by atoms with Gasteiger partial charge in [-0.05, 0) is 29.8 Å². The zero-order valence-electron chi connectivity index (χ0n) is 13.5. The Morgan fingerprint density at radius 3 is 3.04 bits per heavy atom. The van der Waals surface area contributed by atoms with Crippen molar-refractivity contribution in [3.63, 3.8) is 0 Å². The van der Waals surface area contributed by atoms with E-state index in [4.69, 9.17) is 4.74 Å². The largest absolute Gasteiger partial charge is 0.493 e. The first-order valence-corrected chi connectivity index (χ1v) is 8.68. The lowest BCUT2D eigenvalue weighted by molar-refractivity contribution is 0.102. The van der Waals surface area contributed by atoms with Crippen LogP contribution in [0.2, 0.25) is 0 Å². The maximum absolute atomic E-state index is 12.3. The lowest BCUT2D eigenvalue weighted by Crippen LogP contribution is -2.19. The molecule has 1 aliphatic rings. The summed E-state index contributed by atoms with van der Waals surface area (Å²) in [6.07, 6.45) is 2.47. The normalized spacial score (nSPS) is 12.5. The van der Waals surface area contributed by atoms with E-state index in [1.165, 1.54) is 27.5 Å². The molecule has 3 heterocycles. The summed E-state index contributed by atoms with van der Waals surface area (Å²) < 4.78 is 6.92. The van der Waals surface area contributed by atoms with Gasteiger partial charge in [-0.1, -0.05) is 0 Å². The number of carbonyl (C=O) groups excluding carboxylic acids is 1. The van der Waals surface area contributed by atoms with Gasteiger partial charge in [-0.25, -0.2) is 4.98 Å². The van der Waals surface area contributed by atoms with E-state index in [1.807, 2.05) is 17.5 Å². The lowest BCUT2D eigenvalue weighted by Gasteiger charge is -2.03. The molecule has 0 unspecified atom stereocenters. The fourth-order valence-corrected chi connectivity index (χ4v) is 3.38. The number of nitrogens with one attached hydrogen (secondary N) is 1. The fraction of sp³-hybridized carbons (Fsp3) is 0.167. The van der Waals surface area contributed by atoms with Crippen LogP contribution in [-0.2, 0) is 13.5 Å². The number of ether oxygens (including phenoxy) is 1. The van der Waals surface area contributed by atoms with Crippen LogP contribution in [0.4, 0.5) is 5.13 Å². The third-order valence-electron chi connectivity index (χ3n) is 4.08. The molecular weight excluding hydrogens is 338 g/mol. The Bertz CT molecular complexity index is 1020. The van der Waals surface area contributed by atoms with Gasteiger partial charge in [0.05, 0.1) is 12.3 Å². The summed E-state index contributed by atoms with van der Waals surface area (Å²) in [5, 5.41) is 5.14. The van der Waals surface area contributed by atoms with Crippen LogP contribution in [-0.4, -0.2) is 22.1 Å². The van der Waals surface area contributed by atoms with Crippen LogP contribution < -0.4 is 15.6 Å². The van der Waals surface area contributed by atoms with E-state index in [-0.39, 0.29) is 11.5 Å². The quantitative estimate of drug-likeness (QED) is 0.786. The van der Waals surface area contributed by atoms with Gasteiger partial charge in [0.15, 0.2) is 5.13 Å². The zero-order chi connectivity index (χ0) is 17.4. The molecule has 0 atom stereocenters. The van der Waals surface area contributed by atoms with Gasteiger partial charge in [-0.3, -0.25) is 14.9 Å². The third-order valence-corrected chi connectivity index (χ3v) is 4.83. The van der Waals surface area contributed by atoms with E-state index in [0.717, 1.165) is 23.4 Å². The van der Waals surface area contributed by atoms with Crippen molar-refractivity contribution in [2.24, 2.45) is 7.05 Å². The molecule has 7 heteroatoms. The molecule has 6 nitrogen and oxygen atoms in total. The second kappa shape index (κ2) is 6.18. The average molecular weight is 353 g/mol. The Balaban J connectivity index is 1.54. The number of aromatic nitrogens is 2. The number of hydrogen-bond acceptors (Lipinski definition) is 5. The first kappa shape index (κ1) is 15.6. The minimum absolute atomic E-state index is 0.229. The number of benzene rings is 1. The average Bonchev–Trinajstić information content (AvgIpc) is 3.25. The van der Waals surface area contributed by atoms with Crippen molar-refractivity contribution in [3.05, 3.63) is 63.4 Å². The van der Waals surface area contributed by atoms with Crippen molar-refractivity contribution in [3.8, 4) is 17.0 Å². The highest BCUT2D eigenvalue weighted by Gasteiger charge is 2.15. The van der Waals surface area contributed by atoms with Crippen molar-refractivity contribution in [2.75, 3.05) is 11.9 Å². The molecule has 1 N–H and O–H groups in total. The highest BCUT2D eigenvalue weighted by Crippen LogP contribution is 2.31. The molecular formula is C18H15N3O3S. The first-order valence-electron chi connectivity index (χ1n) is 7.80. The number of thiazole rings is 1. The topological polar surface area (TPSA) is 73.2 Å². The van der Waals surface area contributed by atoms with E-state index in [0.29, 0.717) is 17.3 Å². The van der Waals surface area contributed by atoms with Crippen molar-refractivity contribution in [1.29, 1.82) is 0 Å². The van der Waals surface area contributed by atoms with Gasteiger partial charge in [0.1, 0.15) is 5.75 Å². The minimum atomic E-state index is -0.346. The van der Waals surface area contributed by atoms with E-state index in [1.54, 1.807) is 19.3 Å². The molecule has 0 saturated carbocycles. The Kier molecular flexibility index (Phi) is 3.85. The lowest BCUT2D eigenvalue weighted by atomic mass is 10.1. The molecule has 0 fully saturated rings. The number of anilines is 1. The van der Waals surface area contributed by atoms with E-state index >= 15 is 0 Å². The van der Waals surface area contributed by atoms with Crippen LogP contribution in [0.25, 0.3) is 11.3 Å². The number of amides is 1. The molecule has 0 saturated heterocycles. The Morgan fingerprint density at radius 1 is 1.32 bits per heavy atom. The summed E-state index contributed by atoms with van der Waals surface area (Å²) in [6, 6.07) is 8.90. The summed E-state index contributed by atoms with van der Waals surface area (Å²) in [7, 11) is 1.64. The molecule has 1 amide bonds. The second-order valence-electron chi connectivity index (χ2n) is 5.78. The summed E-state index contributed by atoms with van der Waals surface area (Å²) in [5.74, 6) is 0.583. The van der Waals surface area contributed by atoms with Gasteiger partial charge in [0.25, 0.3) is 11.5 Å². The molecule has 4 rings (SSSR count). The Labute approximate surface area is 147 Å². The first-order chi connectivity index (χ1) is 12.1. The molecule has 2 aromatic heterocycles. The highest BCUT2D eigenvalue weighted by atomic mass is 32.1. The molecule has 126 valence electrons. The van der Waals surface area contributed by atoms with E-state index in [2.05, 4.69) is 16.4 Å². The Morgan fingerprint density at radius 2 is 2.20 bits per heavy atom. The molecule has 1 aromatic carbocycles. The molecule has 25 heavy (non-hydrogen) atoms. The number of aryl methyl sites for hydroxylation is 1. The number of fused-ring (bicyclic) bond motifs is 1. The molecule has 1 aliphatic heterocycles. The van der Waals surface area contributed by atoms with Crippen molar-refractivity contribution in [2.45, 2.75) is 6.42 Å². The molecule has 0 radical (unpaired) electrons. The van der Waals surface area contributed by atoms with E-state index in [9.17, 15) is 9.59 Å². The molecule has 3 aromatic rings. The van der Waals surface area contributed by atoms with Crippen molar-refractivity contribution in [1.82, 2.24) is 9.55 Å². The molecule has 0 spiro atoms. The maximum atomic E-state index is 12.3. The SMILES string of the molecule is Cn1ccc(C(=O)Nc2nc(-c3ccc4c(c3)CCO4)cs2)cc1=O. The standard InChI is InChI=1S/C18H15N3O3S/c1-21-6-4-13(9-16(21)22)17(23)20-18-19-14(10-25-18)11-2-3-15-12(8-11)5-7-24-15/h2-4,6,8-10H,5,7H2,1H3,(H,19,20,23). The van der Waals surface area contributed by atoms with Crippen LogP contribution in [0.5, 0.6) is 5.75 Å². The monoisotopic (exact) mass is 353 g/mol. The van der Waals surface area contributed by atoms with Crippen LogP contribution in [0.15, 0.2) is 46.7 Å². The van der Waals surface area contributed by atoms with Crippen molar-refractivity contribution < 1.29 is 9.53 Å². The number of nitrogens with zero attached hydrogens (tertiary/aromatic N) is 2. The number of carbonyl (C=O) groups is 1. The molecule has 0 bridgehead atoms. The van der Waals surface area contributed by atoms with Crippen LogP contribution >= 0.6 is 11.3 Å². The van der Waals surface area contributed by atoms with Gasteiger partial charge in [0.2, 0.25) is 0 Å². The predicted octanol–water partition coefficient (Wildman–Crippen LogP) is 2.70. The summed E-state index contributed by atoms with van der Waals surface area (Å²) in [6.45, 7) is 0.716. The maximum Gasteiger partial charge on any atom is 0.257 e. The van der Waals surface area contributed by atoms with Crippen LogP contribution in [0.3, 0.4) is 0 Å². The predicted molar refractivity (Wildman–Crippen MR) is 96.4 cm³/mol. The minimum Gasteiger partial charge on any atom is -0.493 e. The van der Waals surface area contributed by atoms with Gasteiger partial charge >= 0.3 is 0 Å². The fourth-order valence-electron chi connectivity index (χ4n) is 2.67. The van der Waals surface area contributed by atoms with Crippen LogP contribution in [0.1, 0.15) is 15.9 Å². The number of rotatable bonds is 3. The molecule has 0 aliphatic carbocycles. The van der Waals surface area contributed by atoms with Crippen molar-refractivity contribution >= 4 is 22.4 Å². The summed E-state index contributed by atoms with van der Waals surface area (Å²) >= 11 is 1.35.